The van der Waals surface area contributed by atoms with Gasteiger partial charge in [-0.25, -0.2) is 0 Å². The summed E-state index contributed by atoms with van der Waals surface area (Å²) in [6, 6.07) is 6.56. The molecule has 0 fully saturated rings. The van der Waals surface area contributed by atoms with Crippen molar-refractivity contribution in [1.29, 1.82) is 0 Å². The highest BCUT2D eigenvalue weighted by molar-refractivity contribution is 6.14. The number of furan rings is 1. The summed E-state index contributed by atoms with van der Waals surface area (Å²) in [6.07, 6.45) is 0. The van der Waals surface area contributed by atoms with E-state index in [9.17, 15) is 14.4 Å². The highest BCUT2D eigenvalue weighted by Gasteiger charge is 2.26. The third kappa shape index (κ3) is 3.08. The Morgan fingerprint density at radius 3 is 2.39 bits per heavy atom. The van der Waals surface area contributed by atoms with Crippen molar-refractivity contribution in [3.63, 3.8) is 0 Å². The SMILES string of the molecule is COc1ccccc1C(=O)Nc1oc(C)c(C(C)=O)c1C(N)=O. The van der Waals surface area contributed by atoms with Crippen molar-refractivity contribution in [3.8, 4) is 5.75 Å². The first-order valence-electron chi connectivity index (χ1n) is 6.75. The molecule has 0 aliphatic rings. The summed E-state index contributed by atoms with van der Waals surface area (Å²) in [5.74, 6) is -1.37. The number of Topliss-reactive ketones (excluding diaryl/α,β-unsaturated/α-hetero) is 1. The second-order valence-electron chi connectivity index (χ2n) is 4.81. The molecule has 7 nitrogen and oxygen atoms in total. The molecule has 120 valence electrons. The van der Waals surface area contributed by atoms with Gasteiger partial charge in [0.25, 0.3) is 11.8 Å². The minimum Gasteiger partial charge on any atom is -0.496 e. The molecule has 0 atom stereocenters. The first kappa shape index (κ1) is 16.3. The van der Waals surface area contributed by atoms with Crippen LogP contribution in [-0.4, -0.2) is 24.7 Å². The molecular weight excluding hydrogens is 300 g/mol. The van der Waals surface area contributed by atoms with Crippen molar-refractivity contribution >= 4 is 23.5 Å². The Hall–Kier alpha value is -3.09. The molecule has 0 aliphatic heterocycles. The van der Waals surface area contributed by atoms with E-state index in [4.69, 9.17) is 14.9 Å². The number of aryl methyl sites for hydroxylation is 1. The lowest BCUT2D eigenvalue weighted by Gasteiger charge is -2.08. The summed E-state index contributed by atoms with van der Waals surface area (Å²) >= 11 is 0. The maximum atomic E-state index is 12.4. The normalized spacial score (nSPS) is 10.2. The van der Waals surface area contributed by atoms with Crippen LogP contribution in [0.3, 0.4) is 0 Å². The predicted molar refractivity (Wildman–Crippen MR) is 82.9 cm³/mol. The Bertz CT molecular complexity index is 792. The molecule has 23 heavy (non-hydrogen) atoms. The quantitative estimate of drug-likeness (QED) is 0.821. The molecule has 2 amide bonds. The van der Waals surface area contributed by atoms with Crippen LogP contribution in [0, 0.1) is 6.92 Å². The number of carbonyl (C=O) groups excluding carboxylic acids is 3. The monoisotopic (exact) mass is 316 g/mol. The summed E-state index contributed by atoms with van der Waals surface area (Å²) in [6.45, 7) is 2.80. The average Bonchev–Trinajstić information content (AvgIpc) is 2.83. The van der Waals surface area contributed by atoms with E-state index in [1.54, 1.807) is 24.3 Å². The van der Waals surface area contributed by atoms with Gasteiger partial charge in [0.2, 0.25) is 5.88 Å². The number of hydrogen-bond acceptors (Lipinski definition) is 5. The van der Waals surface area contributed by atoms with Crippen LogP contribution in [0.25, 0.3) is 0 Å². The Labute approximate surface area is 132 Å². The predicted octanol–water partition coefficient (Wildman–Crippen LogP) is 2.15. The molecule has 3 N–H and O–H groups in total. The van der Waals surface area contributed by atoms with Gasteiger partial charge in [0.05, 0.1) is 18.2 Å². The van der Waals surface area contributed by atoms with E-state index in [0.29, 0.717) is 5.75 Å². The van der Waals surface area contributed by atoms with Crippen LogP contribution >= 0.6 is 0 Å². The maximum Gasteiger partial charge on any atom is 0.261 e. The fraction of sp³-hybridized carbons (Fsp3) is 0.188. The molecule has 0 saturated heterocycles. The van der Waals surface area contributed by atoms with E-state index < -0.39 is 11.8 Å². The summed E-state index contributed by atoms with van der Waals surface area (Å²) < 4.78 is 10.5. The summed E-state index contributed by atoms with van der Waals surface area (Å²) in [7, 11) is 1.44. The van der Waals surface area contributed by atoms with Gasteiger partial charge < -0.3 is 14.9 Å². The number of rotatable bonds is 5. The number of carbonyl (C=O) groups is 3. The zero-order valence-electron chi connectivity index (χ0n) is 12.9. The van der Waals surface area contributed by atoms with E-state index in [2.05, 4.69) is 5.32 Å². The molecule has 0 spiro atoms. The number of anilines is 1. The van der Waals surface area contributed by atoms with Gasteiger partial charge in [0.1, 0.15) is 17.1 Å². The fourth-order valence-corrected chi connectivity index (χ4v) is 2.29. The van der Waals surface area contributed by atoms with E-state index in [0.717, 1.165) is 0 Å². The minimum atomic E-state index is -0.859. The Balaban J connectivity index is 2.44. The van der Waals surface area contributed by atoms with Crippen LogP contribution in [0.1, 0.15) is 43.8 Å². The van der Waals surface area contributed by atoms with Gasteiger partial charge in [-0.05, 0) is 26.0 Å². The van der Waals surface area contributed by atoms with Gasteiger partial charge >= 0.3 is 0 Å². The lowest BCUT2D eigenvalue weighted by Crippen LogP contribution is -2.19. The number of amides is 2. The van der Waals surface area contributed by atoms with Crippen molar-refractivity contribution in [2.45, 2.75) is 13.8 Å². The number of para-hydroxylation sites is 1. The molecule has 1 aromatic carbocycles. The number of primary amides is 1. The fourth-order valence-electron chi connectivity index (χ4n) is 2.29. The first-order valence-corrected chi connectivity index (χ1v) is 6.75. The number of ether oxygens (including phenoxy) is 1. The zero-order valence-corrected chi connectivity index (χ0v) is 12.9. The molecule has 2 aromatic rings. The van der Waals surface area contributed by atoms with Crippen LogP contribution in [0.2, 0.25) is 0 Å². The van der Waals surface area contributed by atoms with E-state index in [1.807, 2.05) is 0 Å². The van der Waals surface area contributed by atoms with Gasteiger partial charge in [-0.1, -0.05) is 12.1 Å². The average molecular weight is 316 g/mol. The van der Waals surface area contributed by atoms with Crippen molar-refractivity contribution in [2.24, 2.45) is 5.73 Å². The molecule has 7 heteroatoms. The summed E-state index contributed by atoms with van der Waals surface area (Å²) in [5.41, 5.74) is 5.49. The number of nitrogens with one attached hydrogen (secondary N) is 1. The minimum absolute atomic E-state index is 0.0628. The van der Waals surface area contributed by atoms with E-state index in [-0.39, 0.29) is 34.1 Å². The highest BCUT2D eigenvalue weighted by Crippen LogP contribution is 2.28. The Kier molecular flexibility index (Phi) is 4.49. The molecule has 0 unspecified atom stereocenters. The summed E-state index contributed by atoms with van der Waals surface area (Å²) in [5, 5.41) is 2.46. The highest BCUT2D eigenvalue weighted by atomic mass is 16.5. The van der Waals surface area contributed by atoms with Crippen molar-refractivity contribution in [2.75, 3.05) is 12.4 Å². The lowest BCUT2D eigenvalue weighted by molar-refractivity contribution is 0.0974. The molecule has 1 aromatic heterocycles. The van der Waals surface area contributed by atoms with Gasteiger partial charge in [0.15, 0.2) is 5.78 Å². The van der Waals surface area contributed by atoms with Gasteiger partial charge in [-0.15, -0.1) is 0 Å². The molecule has 0 aliphatic carbocycles. The van der Waals surface area contributed by atoms with E-state index >= 15 is 0 Å². The third-order valence-corrected chi connectivity index (χ3v) is 3.26. The van der Waals surface area contributed by atoms with Crippen LogP contribution in [0.4, 0.5) is 5.88 Å². The second kappa shape index (κ2) is 6.35. The van der Waals surface area contributed by atoms with Crippen molar-refractivity contribution < 1.29 is 23.5 Å². The van der Waals surface area contributed by atoms with Gasteiger partial charge in [0, 0.05) is 0 Å². The van der Waals surface area contributed by atoms with Gasteiger partial charge in [-0.3, -0.25) is 19.7 Å². The molecule has 0 saturated carbocycles. The Morgan fingerprint density at radius 1 is 1.17 bits per heavy atom. The summed E-state index contributed by atoms with van der Waals surface area (Å²) in [4.78, 5) is 35.7. The van der Waals surface area contributed by atoms with Crippen LogP contribution < -0.4 is 15.8 Å². The smallest absolute Gasteiger partial charge is 0.261 e. The number of benzene rings is 1. The molecule has 0 radical (unpaired) electrons. The van der Waals surface area contributed by atoms with Crippen molar-refractivity contribution in [1.82, 2.24) is 0 Å². The largest absolute Gasteiger partial charge is 0.496 e. The number of nitrogens with two attached hydrogens (primary N) is 1. The van der Waals surface area contributed by atoms with Crippen LogP contribution in [-0.2, 0) is 0 Å². The van der Waals surface area contributed by atoms with Gasteiger partial charge in [-0.2, -0.15) is 0 Å². The number of methoxy groups -OCH3 is 1. The lowest BCUT2D eigenvalue weighted by atomic mass is 10.1. The standard InChI is InChI=1S/C16H16N2O5/c1-8(19)12-9(2)23-16(13(12)14(17)20)18-15(21)10-6-4-5-7-11(10)22-3/h4-7H,1-3H3,(H2,17,20)(H,18,21). The zero-order chi connectivity index (χ0) is 17.1. The third-order valence-electron chi connectivity index (χ3n) is 3.26. The van der Waals surface area contributed by atoms with Crippen molar-refractivity contribution in [3.05, 3.63) is 46.7 Å². The molecular formula is C16H16N2O5. The van der Waals surface area contributed by atoms with E-state index in [1.165, 1.54) is 21.0 Å². The van der Waals surface area contributed by atoms with Crippen LogP contribution in [0.15, 0.2) is 28.7 Å². The topological polar surface area (TPSA) is 112 Å². The molecule has 2 rings (SSSR count). The second-order valence-corrected chi connectivity index (χ2v) is 4.81. The number of hydrogen-bond donors (Lipinski definition) is 2. The molecule has 0 bridgehead atoms. The number of ketones is 1. The van der Waals surface area contributed by atoms with Crippen LogP contribution in [0.5, 0.6) is 5.75 Å². The Morgan fingerprint density at radius 2 is 1.83 bits per heavy atom. The maximum absolute atomic E-state index is 12.4. The first-order chi connectivity index (χ1) is 10.9. The molecule has 1 heterocycles.